The number of hydrogen-bond donors (Lipinski definition) is 5. The number of likely N-dealkylation sites (tertiary alicyclic amines) is 1. The molecule has 40 heavy (non-hydrogen) atoms. The van der Waals surface area contributed by atoms with E-state index in [1.165, 1.54) is 0 Å². The molecule has 5 fully saturated rings. The third kappa shape index (κ3) is 4.77. The number of Topliss-reactive ketones (excluding diaryl/α,β-unsaturated/α-hetero) is 1. The van der Waals surface area contributed by atoms with Gasteiger partial charge in [0.05, 0.1) is 18.7 Å². The first-order valence-electron chi connectivity index (χ1n) is 15.1. The lowest BCUT2D eigenvalue weighted by molar-refractivity contribution is -0.141. The lowest BCUT2D eigenvalue weighted by Gasteiger charge is -2.32. The van der Waals surface area contributed by atoms with Crippen molar-refractivity contribution in [2.75, 3.05) is 13.1 Å². The molecule has 3 atom stereocenters. The first kappa shape index (κ1) is 28.8. The molecule has 2 spiro atoms. The van der Waals surface area contributed by atoms with Gasteiger partial charge in [0.2, 0.25) is 17.6 Å². The zero-order chi connectivity index (χ0) is 28.9. The molecule has 11 nitrogen and oxygen atoms in total. The molecule has 0 aromatic rings. The highest BCUT2D eigenvalue weighted by atomic mass is 16.3. The second kappa shape index (κ2) is 10.6. The number of nitrogens with zero attached hydrogens (tertiary/aromatic N) is 1. The summed E-state index contributed by atoms with van der Waals surface area (Å²) in [5.41, 5.74) is 5.17. The SMILES string of the molecule is CC1(C)C2(CCC2)[C@@]12C[C@@H](C(=O)NC(CC1CCC1)C(=O)C(N)=O)N(C(=O)CNC(=O)NC1CCC(O)CC1)C2. The van der Waals surface area contributed by atoms with E-state index < -0.39 is 35.7 Å². The standard InChI is InChI=1S/C29H45N5O6/c1-27(2)28(11-4-12-28)29(27)14-21(25(39)33-20(23(37)24(30)38)13-17-5-3-6-17)34(16-29)22(36)15-31-26(40)32-18-7-9-19(35)10-8-18/h17-21,35H,3-16H2,1-2H3,(H2,30,38)(H,33,39)(H2,31,32,40)/t18?,19?,20?,21-,29+/m0/s1. The minimum atomic E-state index is -1.07. The molecule has 5 amide bonds. The Morgan fingerprint density at radius 3 is 2.17 bits per heavy atom. The third-order valence-electron chi connectivity index (χ3n) is 11.5. The molecule has 4 aliphatic carbocycles. The predicted molar refractivity (Wildman–Crippen MR) is 146 cm³/mol. The number of nitrogens with two attached hydrogens (primary N) is 1. The van der Waals surface area contributed by atoms with Gasteiger partial charge in [-0.15, -0.1) is 0 Å². The lowest BCUT2D eigenvalue weighted by Crippen LogP contribution is -2.55. The van der Waals surface area contributed by atoms with Gasteiger partial charge in [0.1, 0.15) is 6.04 Å². The number of aliphatic hydroxyl groups is 1. The number of rotatable bonds is 9. The Hall–Kier alpha value is -2.69. The Balaban J connectivity index is 1.27. The van der Waals surface area contributed by atoms with Crippen LogP contribution in [0.4, 0.5) is 4.79 Å². The van der Waals surface area contributed by atoms with Crippen molar-refractivity contribution in [3.05, 3.63) is 0 Å². The monoisotopic (exact) mass is 559 g/mol. The largest absolute Gasteiger partial charge is 0.393 e. The van der Waals surface area contributed by atoms with Crippen LogP contribution in [0, 0.1) is 22.2 Å². The molecule has 0 aromatic heterocycles. The summed E-state index contributed by atoms with van der Waals surface area (Å²) in [6.07, 6.45) is 9.39. The molecular weight excluding hydrogens is 514 g/mol. The number of ketones is 1. The van der Waals surface area contributed by atoms with Crippen LogP contribution in [0.1, 0.15) is 90.9 Å². The lowest BCUT2D eigenvalue weighted by atomic mass is 9.73. The molecule has 1 heterocycles. The molecule has 222 valence electrons. The van der Waals surface area contributed by atoms with Crippen LogP contribution in [0.2, 0.25) is 0 Å². The molecule has 11 heteroatoms. The van der Waals surface area contributed by atoms with Gasteiger partial charge in [0, 0.05) is 18.0 Å². The normalized spacial score (nSPS) is 32.5. The number of primary amides is 1. The molecule has 5 aliphatic rings. The highest BCUT2D eigenvalue weighted by molar-refractivity contribution is 6.37. The Kier molecular flexibility index (Phi) is 7.65. The Labute approximate surface area is 235 Å². The molecule has 1 aliphatic heterocycles. The van der Waals surface area contributed by atoms with Crippen LogP contribution in [0.15, 0.2) is 0 Å². The van der Waals surface area contributed by atoms with Crippen LogP contribution in [-0.2, 0) is 19.2 Å². The fourth-order valence-electron chi connectivity index (χ4n) is 8.54. The van der Waals surface area contributed by atoms with Gasteiger partial charge in [-0.2, -0.15) is 0 Å². The summed E-state index contributed by atoms with van der Waals surface area (Å²) in [6.45, 7) is 4.62. The van der Waals surface area contributed by atoms with Crippen LogP contribution in [0.25, 0.3) is 0 Å². The van der Waals surface area contributed by atoms with E-state index in [0.717, 1.165) is 38.5 Å². The fraction of sp³-hybridized carbons (Fsp3) is 0.828. The molecule has 1 saturated heterocycles. The summed E-state index contributed by atoms with van der Waals surface area (Å²) in [5, 5.41) is 18.0. The maximum atomic E-state index is 13.7. The highest BCUT2D eigenvalue weighted by Gasteiger charge is 2.85. The van der Waals surface area contributed by atoms with Crippen molar-refractivity contribution in [1.82, 2.24) is 20.9 Å². The van der Waals surface area contributed by atoms with Crippen molar-refractivity contribution in [2.24, 2.45) is 27.9 Å². The molecule has 0 bridgehead atoms. The number of urea groups is 1. The molecule has 4 saturated carbocycles. The number of fused-ring (bicyclic) bond motifs is 1. The Bertz CT molecular complexity index is 1060. The highest BCUT2D eigenvalue weighted by Crippen LogP contribution is 2.88. The average Bonchev–Trinajstić information content (AvgIpc) is 3.10. The van der Waals surface area contributed by atoms with Gasteiger partial charge in [-0.3, -0.25) is 19.2 Å². The van der Waals surface area contributed by atoms with E-state index in [-0.39, 0.29) is 46.8 Å². The van der Waals surface area contributed by atoms with E-state index in [1.54, 1.807) is 4.90 Å². The number of carbonyl (C=O) groups is 5. The van der Waals surface area contributed by atoms with Gasteiger partial charge in [-0.25, -0.2) is 4.79 Å². The van der Waals surface area contributed by atoms with Gasteiger partial charge >= 0.3 is 6.03 Å². The van der Waals surface area contributed by atoms with Gasteiger partial charge in [0.15, 0.2) is 0 Å². The van der Waals surface area contributed by atoms with Crippen LogP contribution >= 0.6 is 0 Å². The van der Waals surface area contributed by atoms with E-state index in [9.17, 15) is 29.1 Å². The molecular formula is C29H45N5O6. The first-order valence-corrected chi connectivity index (χ1v) is 15.1. The second-order valence-corrected chi connectivity index (χ2v) is 13.5. The summed E-state index contributed by atoms with van der Waals surface area (Å²) in [4.78, 5) is 65.7. The summed E-state index contributed by atoms with van der Waals surface area (Å²) in [6, 6.07) is -2.28. The second-order valence-electron chi connectivity index (χ2n) is 13.5. The van der Waals surface area contributed by atoms with E-state index in [1.807, 2.05) is 0 Å². The van der Waals surface area contributed by atoms with Crippen LogP contribution in [0.3, 0.4) is 0 Å². The fourth-order valence-corrected chi connectivity index (χ4v) is 8.54. The smallest absolute Gasteiger partial charge is 0.315 e. The number of carbonyl (C=O) groups excluding carboxylic acids is 5. The molecule has 6 N–H and O–H groups in total. The van der Waals surface area contributed by atoms with Gasteiger partial charge in [-0.1, -0.05) is 39.5 Å². The maximum Gasteiger partial charge on any atom is 0.315 e. The van der Waals surface area contributed by atoms with Crippen molar-refractivity contribution in [3.8, 4) is 0 Å². The van der Waals surface area contributed by atoms with Crippen molar-refractivity contribution in [3.63, 3.8) is 0 Å². The molecule has 0 aromatic carbocycles. The average molecular weight is 560 g/mol. The first-order chi connectivity index (χ1) is 18.9. The summed E-state index contributed by atoms with van der Waals surface area (Å²) in [5.74, 6) is -2.40. The molecule has 1 unspecified atom stereocenters. The quantitative estimate of drug-likeness (QED) is 0.265. The third-order valence-corrected chi connectivity index (χ3v) is 11.5. The maximum absolute atomic E-state index is 13.7. The van der Waals surface area contributed by atoms with Crippen LogP contribution in [-0.4, -0.2) is 76.9 Å². The van der Waals surface area contributed by atoms with Gasteiger partial charge < -0.3 is 31.7 Å². The summed E-state index contributed by atoms with van der Waals surface area (Å²) in [7, 11) is 0. The minimum absolute atomic E-state index is 0.0312. The van der Waals surface area contributed by atoms with Gasteiger partial charge in [-0.05, 0) is 68.1 Å². The van der Waals surface area contributed by atoms with Crippen LogP contribution < -0.4 is 21.7 Å². The van der Waals surface area contributed by atoms with E-state index in [2.05, 4.69) is 29.8 Å². The van der Waals surface area contributed by atoms with Crippen molar-refractivity contribution in [1.29, 1.82) is 0 Å². The molecule has 0 radical (unpaired) electrons. The van der Waals surface area contributed by atoms with Crippen LogP contribution in [0.5, 0.6) is 0 Å². The predicted octanol–water partition coefficient (Wildman–Crippen LogP) is 1.12. The van der Waals surface area contributed by atoms with E-state index >= 15 is 0 Å². The number of hydrogen-bond acceptors (Lipinski definition) is 6. The van der Waals surface area contributed by atoms with Gasteiger partial charge in [0.25, 0.3) is 5.91 Å². The topological polar surface area (TPSA) is 171 Å². The Morgan fingerprint density at radius 2 is 1.65 bits per heavy atom. The number of amides is 5. The number of nitrogens with one attached hydrogen (secondary N) is 3. The number of aliphatic hydroxyl groups excluding tert-OH is 1. The van der Waals surface area contributed by atoms with E-state index in [0.29, 0.717) is 45.1 Å². The zero-order valence-electron chi connectivity index (χ0n) is 23.8. The molecule has 5 rings (SSSR count). The van der Waals surface area contributed by atoms with Crippen molar-refractivity contribution in [2.45, 2.75) is 115 Å². The summed E-state index contributed by atoms with van der Waals surface area (Å²) >= 11 is 0. The Morgan fingerprint density at radius 1 is 0.975 bits per heavy atom. The van der Waals surface area contributed by atoms with E-state index in [4.69, 9.17) is 5.73 Å². The van der Waals surface area contributed by atoms with Crippen molar-refractivity contribution >= 4 is 29.5 Å². The summed E-state index contributed by atoms with van der Waals surface area (Å²) < 4.78 is 0. The zero-order valence-corrected chi connectivity index (χ0v) is 23.8. The van der Waals surface area contributed by atoms with Crippen molar-refractivity contribution < 1.29 is 29.1 Å². The minimum Gasteiger partial charge on any atom is -0.393 e.